The smallest absolute Gasteiger partial charge is 0.303 e. The van der Waals surface area contributed by atoms with Crippen LogP contribution in [-0.2, 0) is 0 Å². The van der Waals surface area contributed by atoms with E-state index >= 15 is 0 Å². The van der Waals surface area contributed by atoms with Crippen molar-refractivity contribution in [3.8, 4) is 0 Å². The van der Waals surface area contributed by atoms with Crippen molar-refractivity contribution < 1.29 is 13.2 Å². The quantitative estimate of drug-likeness (QED) is 0.576. The largest absolute Gasteiger partial charge is 0.393 e. The zero-order valence-corrected chi connectivity index (χ0v) is 6.49. The molecule has 1 aliphatic heterocycles. The van der Waals surface area contributed by atoms with Gasteiger partial charge in [0.15, 0.2) is 0 Å². The molecule has 1 unspecified atom stereocenters. The highest BCUT2D eigenvalue weighted by molar-refractivity contribution is 4.79. The Morgan fingerprint density at radius 1 is 1.45 bits per heavy atom. The lowest BCUT2D eigenvalue weighted by molar-refractivity contribution is -0.170. The van der Waals surface area contributed by atoms with Crippen molar-refractivity contribution in [3.63, 3.8) is 0 Å². The summed E-state index contributed by atoms with van der Waals surface area (Å²) in [5, 5.41) is 0. The first-order valence-electron chi connectivity index (χ1n) is 3.83. The summed E-state index contributed by atoms with van der Waals surface area (Å²) in [4.78, 5) is 1.83. The van der Waals surface area contributed by atoms with Crippen LogP contribution in [0.25, 0.3) is 0 Å². The monoisotopic (exact) mass is 167 g/mol. The van der Waals surface area contributed by atoms with Gasteiger partial charge in [-0.1, -0.05) is 6.92 Å². The number of hydrogen-bond acceptors (Lipinski definition) is 1. The van der Waals surface area contributed by atoms with Gasteiger partial charge in [-0.15, -0.1) is 0 Å². The number of likely N-dealkylation sites (tertiary alicyclic amines) is 1. The van der Waals surface area contributed by atoms with E-state index < -0.39 is 12.1 Å². The molecule has 1 heterocycles. The average Bonchev–Trinajstić information content (AvgIpc) is 2.32. The topological polar surface area (TPSA) is 3.24 Å². The van der Waals surface area contributed by atoms with Gasteiger partial charge >= 0.3 is 6.18 Å². The molecule has 66 valence electrons. The van der Waals surface area contributed by atoms with Crippen molar-refractivity contribution in [1.82, 2.24) is 4.90 Å². The molecular weight excluding hydrogens is 155 g/mol. The Hall–Kier alpha value is -0.250. The van der Waals surface area contributed by atoms with Crippen molar-refractivity contribution in [2.75, 3.05) is 19.6 Å². The zero-order chi connectivity index (χ0) is 8.48. The lowest BCUT2D eigenvalue weighted by atomic mass is 10.1. The van der Waals surface area contributed by atoms with Crippen molar-refractivity contribution in [2.45, 2.75) is 19.5 Å². The third kappa shape index (κ3) is 2.09. The summed E-state index contributed by atoms with van der Waals surface area (Å²) < 4.78 is 36.1. The standard InChI is InChI=1S/C7H12F3N/c1-2-11-4-3-6(5-11)7(8,9)10/h6H,2-5H2,1H3. The number of halogens is 3. The summed E-state index contributed by atoms with van der Waals surface area (Å²) in [6.45, 7) is 3.41. The van der Waals surface area contributed by atoms with Crippen molar-refractivity contribution >= 4 is 0 Å². The Morgan fingerprint density at radius 2 is 2.09 bits per heavy atom. The zero-order valence-electron chi connectivity index (χ0n) is 6.49. The molecule has 0 amide bonds. The van der Waals surface area contributed by atoms with E-state index in [0.29, 0.717) is 6.54 Å². The van der Waals surface area contributed by atoms with Crippen molar-refractivity contribution in [1.29, 1.82) is 0 Å². The van der Waals surface area contributed by atoms with Crippen LogP contribution in [0.2, 0.25) is 0 Å². The molecule has 0 aromatic heterocycles. The molecule has 0 N–H and O–H groups in total. The van der Waals surface area contributed by atoms with Gasteiger partial charge in [0.25, 0.3) is 0 Å². The second-order valence-corrected chi connectivity index (χ2v) is 2.92. The Balaban J connectivity index is 2.42. The van der Waals surface area contributed by atoms with E-state index in [1.807, 2.05) is 11.8 Å². The normalized spacial score (nSPS) is 27.8. The summed E-state index contributed by atoms with van der Waals surface area (Å²) in [5.41, 5.74) is 0. The maximum atomic E-state index is 12.0. The van der Waals surface area contributed by atoms with Crippen LogP contribution in [0.4, 0.5) is 13.2 Å². The third-order valence-electron chi connectivity index (χ3n) is 2.18. The molecule has 1 nitrogen and oxygen atoms in total. The number of alkyl halides is 3. The van der Waals surface area contributed by atoms with Gasteiger partial charge in [0.1, 0.15) is 0 Å². The van der Waals surface area contributed by atoms with E-state index in [1.165, 1.54) is 0 Å². The first-order valence-corrected chi connectivity index (χ1v) is 3.83. The number of nitrogens with zero attached hydrogens (tertiary/aromatic N) is 1. The second-order valence-electron chi connectivity index (χ2n) is 2.92. The Bertz CT molecular complexity index is 132. The minimum Gasteiger partial charge on any atom is -0.303 e. The minimum absolute atomic E-state index is 0.194. The summed E-state index contributed by atoms with van der Waals surface area (Å²) >= 11 is 0. The predicted molar refractivity (Wildman–Crippen MR) is 36.3 cm³/mol. The van der Waals surface area contributed by atoms with E-state index in [0.717, 1.165) is 6.54 Å². The van der Waals surface area contributed by atoms with E-state index in [4.69, 9.17) is 0 Å². The molecule has 0 aromatic rings. The van der Waals surface area contributed by atoms with Crippen LogP contribution in [0.3, 0.4) is 0 Å². The van der Waals surface area contributed by atoms with Crippen LogP contribution in [0, 0.1) is 5.92 Å². The van der Waals surface area contributed by atoms with Crippen LogP contribution >= 0.6 is 0 Å². The van der Waals surface area contributed by atoms with Crippen LogP contribution < -0.4 is 0 Å². The first-order chi connectivity index (χ1) is 5.04. The molecule has 0 aromatic carbocycles. The highest BCUT2D eigenvalue weighted by atomic mass is 19.4. The van der Waals surface area contributed by atoms with Crippen molar-refractivity contribution in [3.05, 3.63) is 0 Å². The fourth-order valence-electron chi connectivity index (χ4n) is 1.39. The lowest BCUT2D eigenvalue weighted by Crippen LogP contribution is -2.27. The molecule has 0 saturated carbocycles. The van der Waals surface area contributed by atoms with Crippen LogP contribution in [-0.4, -0.2) is 30.7 Å². The van der Waals surface area contributed by atoms with Gasteiger partial charge in [0, 0.05) is 6.54 Å². The fraction of sp³-hybridized carbons (Fsp3) is 1.00. The maximum absolute atomic E-state index is 12.0. The molecule has 1 fully saturated rings. The number of hydrogen-bond donors (Lipinski definition) is 0. The molecular formula is C7H12F3N. The SMILES string of the molecule is CCN1CCC(C(F)(F)F)C1. The van der Waals surface area contributed by atoms with Crippen LogP contribution in [0.15, 0.2) is 0 Å². The highest BCUT2D eigenvalue weighted by Crippen LogP contribution is 2.32. The van der Waals surface area contributed by atoms with Gasteiger partial charge < -0.3 is 4.90 Å². The summed E-state index contributed by atoms with van der Waals surface area (Å²) in [6, 6.07) is 0. The van der Waals surface area contributed by atoms with E-state index in [1.54, 1.807) is 0 Å². The lowest BCUT2D eigenvalue weighted by Gasteiger charge is -2.15. The fourth-order valence-corrected chi connectivity index (χ4v) is 1.39. The van der Waals surface area contributed by atoms with Gasteiger partial charge in [-0.2, -0.15) is 13.2 Å². The van der Waals surface area contributed by atoms with Gasteiger partial charge in [-0.25, -0.2) is 0 Å². The average molecular weight is 167 g/mol. The van der Waals surface area contributed by atoms with Crippen LogP contribution in [0.5, 0.6) is 0 Å². The third-order valence-corrected chi connectivity index (χ3v) is 2.18. The van der Waals surface area contributed by atoms with Crippen LogP contribution in [0.1, 0.15) is 13.3 Å². The summed E-state index contributed by atoms with van der Waals surface area (Å²) in [6.07, 6.45) is -3.71. The Kier molecular flexibility index (Phi) is 2.42. The molecule has 1 aliphatic rings. The highest BCUT2D eigenvalue weighted by Gasteiger charge is 2.42. The predicted octanol–water partition coefficient (Wildman–Crippen LogP) is 1.89. The molecule has 0 spiro atoms. The van der Waals surface area contributed by atoms with E-state index in [-0.39, 0.29) is 13.0 Å². The van der Waals surface area contributed by atoms with Crippen molar-refractivity contribution in [2.24, 2.45) is 5.92 Å². The molecule has 4 heteroatoms. The number of rotatable bonds is 1. The van der Waals surface area contributed by atoms with Gasteiger partial charge in [0.2, 0.25) is 0 Å². The summed E-state index contributed by atoms with van der Waals surface area (Å²) in [5.74, 6) is -1.08. The Morgan fingerprint density at radius 3 is 2.36 bits per heavy atom. The van der Waals surface area contributed by atoms with Gasteiger partial charge in [-0.05, 0) is 19.5 Å². The van der Waals surface area contributed by atoms with Gasteiger partial charge in [0.05, 0.1) is 5.92 Å². The molecule has 1 rings (SSSR count). The Labute approximate surface area is 64.2 Å². The molecule has 1 saturated heterocycles. The first kappa shape index (κ1) is 8.84. The van der Waals surface area contributed by atoms with E-state index in [2.05, 4.69) is 0 Å². The van der Waals surface area contributed by atoms with Gasteiger partial charge in [-0.3, -0.25) is 0 Å². The molecule has 0 aliphatic carbocycles. The summed E-state index contributed by atoms with van der Waals surface area (Å²) in [7, 11) is 0. The molecule has 11 heavy (non-hydrogen) atoms. The maximum Gasteiger partial charge on any atom is 0.393 e. The molecule has 0 bridgehead atoms. The second kappa shape index (κ2) is 3.01. The minimum atomic E-state index is -3.98. The van der Waals surface area contributed by atoms with E-state index in [9.17, 15) is 13.2 Å². The molecule has 1 atom stereocenters. The molecule has 0 radical (unpaired) electrons.